The molecule has 1 heterocycles. The molecule has 1 aliphatic heterocycles. The molecule has 0 amide bonds. The third-order valence-corrected chi connectivity index (χ3v) is 4.16. The predicted octanol–water partition coefficient (Wildman–Crippen LogP) is 3.40. The molecule has 0 aliphatic carbocycles. The van der Waals surface area contributed by atoms with Gasteiger partial charge in [0.25, 0.3) is 0 Å². The van der Waals surface area contributed by atoms with Gasteiger partial charge in [0.15, 0.2) is 0 Å². The van der Waals surface area contributed by atoms with Crippen molar-refractivity contribution in [1.29, 1.82) is 0 Å². The topological polar surface area (TPSA) is 35.2 Å². The van der Waals surface area contributed by atoms with Crippen molar-refractivity contribution in [2.45, 2.75) is 25.5 Å². The first-order valence-electron chi connectivity index (χ1n) is 6.73. The Bertz CT molecular complexity index is 598. The van der Waals surface area contributed by atoms with E-state index in [2.05, 4.69) is 6.92 Å². The van der Waals surface area contributed by atoms with Crippen molar-refractivity contribution >= 4 is 10.8 Å². The summed E-state index contributed by atoms with van der Waals surface area (Å²) in [5.74, 6) is 0.108. The molecular weight excluding hydrogens is 241 g/mol. The average molecular weight is 259 g/mol. The van der Waals surface area contributed by atoms with Gasteiger partial charge in [0.1, 0.15) is 5.82 Å². The summed E-state index contributed by atoms with van der Waals surface area (Å²) >= 11 is 0. The summed E-state index contributed by atoms with van der Waals surface area (Å²) in [7, 11) is 0. The van der Waals surface area contributed by atoms with Crippen LogP contribution in [0, 0.1) is 11.7 Å². The Morgan fingerprint density at radius 2 is 1.95 bits per heavy atom. The number of rotatable bonds is 2. The molecule has 1 fully saturated rings. The van der Waals surface area contributed by atoms with Crippen LogP contribution in [0.4, 0.5) is 4.39 Å². The van der Waals surface area contributed by atoms with Gasteiger partial charge in [0, 0.05) is 24.0 Å². The van der Waals surface area contributed by atoms with E-state index >= 15 is 0 Å². The average Bonchev–Trinajstić information content (AvgIpc) is 2.85. The van der Waals surface area contributed by atoms with Crippen molar-refractivity contribution in [3.63, 3.8) is 0 Å². The Labute approximate surface area is 112 Å². The van der Waals surface area contributed by atoms with E-state index in [0.717, 1.165) is 24.0 Å². The molecule has 2 aromatic carbocycles. The minimum absolute atomic E-state index is 0.108. The standard InChI is InChI=1S/C16H18FNO/c1-10-11(8-9-19-10)16(18)14-6-7-15(17)13-5-3-2-4-12(13)14/h2-7,10-11,16H,8-9,18H2,1H3. The lowest BCUT2D eigenvalue weighted by Crippen LogP contribution is -2.26. The normalized spacial score (nSPS) is 24.8. The minimum Gasteiger partial charge on any atom is -0.378 e. The van der Waals surface area contributed by atoms with Crippen LogP contribution in [0.1, 0.15) is 24.9 Å². The summed E-state index contributed by atoms with van der Waals surface area (Å²) < 4.78 is 19.4. The van der Waals surface area contributed by atoms with Crippen LogP contribution >= 0.6 is 0 Å². The largest absolute Gasteiger partial charge is 0.378 e. The molecule has 3 rings (SSSR count). The fraction of sp³-hybridized carbons (Fsp3) is 0.375. The number of fused-ring (bicyclic) bond motifs is 1. The molecule has 3 atom stereocenters. The third kappa shape index (κ3) is 2.13. The molecule has 0 spiro atoms. The molecule has 0 radical (unpaired) electrons. The molecule has 0 saturated carbocycles. The van der Waals surface area contributed by atoms with Crippen molar-refractivity contribution in [2.75, 3.05) is 6.61 Å². The quantitative estimate of drug-likeness (QED) is 0.897. The van der Waals surface area contributed by atoms with E-state index in [4.69, 9.17) is 10.5 Å². The zero-order valence-corrected chi connectivity index (χ0v) is 11.0. The zero-order chi connectivity index (χ0) is 13.4. The van der Waals surface area contributed by atoms with E-state index in [9.17, 15) is 4.39 Å². The highest BCUT2D eigenvalue weighted by Gasteiger charge is 2.31. The van der Waals surface area contributed by atoms with Crippen molar-refractivity contribution in [2.24, 2.45) is 11.7 Å². The Hall–Kier alpha value is -1.45. The van der Waals surface area contributed by atoms with Gasteiger partial charge in [-0.05, 0) is 30.4 Å². The lowest BCUT2D eigenvalue weighted by atomic mass is 9.86. The van der Waals surface area contributed by atoms with Crippen LogP contribution in [0.5, 0.6) is 0 Å². The molecule has 2 nitrogen and oxygen atoms in total. The molecular formula is C16H18FNO. The maximum absolute atomic E-state index is 13.8. The highest BCUT2D eigenvalue weighted by molar-refractivity contribution is 5.86. The number of nitrogens with two attached hydrogens (primary N) is 1. The summed E-state index contributed by atoms with van der Waals surface area (Å²) in [6.45, 7) is 2.82. The summed E-state index contributed by atoms with van der Waals surface area (Å²) in [5, 5.41) is 1.55. The first-order valence-corrected chi connectivity index (χ1v) is 6.73. The SMILES string of the molecule is CC1OCCC1C(N)c1ccc(F)c2ccccc12. The molecule has 1 aliphatic rings. The van der Waals surface area contributed by atoms with Gasteiger partial charge in [-0.15, -0.1) is 0 Å². The second-order valence-electron chi connectivity index (χ2n) is 5.24. The van der Waals surface area contributed by atoms with Crippen LogP contribution in [0.3, 0.4) is 0 Å². The number of hydrogen-bond acceptors (Lipinski definition) is 2. The van der Waals surface area contributed by atoms with E-state index in [1.54, 1.807) is 6.07 Å². The minimum atomic E-state index is -0.192. The molecule has 3 heteroatoms. The Balaban J connectivity index is 2.07. The second-order valence-corrected chi connectivity index (χ2v) is 5.24. The van der Waals surface area contributed by atoms with Crippen LogP contribution < -0.4 is 5.73 Å². The predicted molar refractivity (Wildman–Crippen MR) is 74.4 cm³/mol. The van der Waals surface area contributed by atoms with E-state index < -0.39 is 0 Å². The third-order valence-electron chi connectivity index (χ3n) is 4.16. The first kappa shape index (κ1) is 12.6. The van der Waals surface area contributed by atoms with Crippen molar-refractivity contribution in [1.82, 2.24) is 0 Å². The van der Waals surface area contributed by atoms with Crippen molar-refractivity contribution < 1.29 is 9.13 Å². The van der Waals surface area contributed by atoms with E-state index in [0.29, 0.717) is 11.3 Å². The van der Waals surface area contributed by atoms with Crippen LogP contribution in [-0.4, -0.2) is 12.7 Å². The molecule has 0 aromatic heterocycles. The van der Waals surface area contributed by atoms with Crippen LogP contribution in [-0.2, 0) is 4.74 Å². The highest BCUT2D eigenvalue weighted by Crippen LogP contribution is 2.35. The molecule has 2 aromatic rings. The van der Waals surface area contributed by atoms with Gasteiger partial charge in [-0.3, -0.25) is 0 Å². The fourth-order valence-electron chi connectivity index (χ4n) is 3.03. The smallest absolute Gasteiger partial charge is 0.131 e. The lowest BCUT2D eigenvalue weighted by molar-refractivity contribution is 0.0996. The van der Waals surface area contributed by atoms with Gasteiger partial charge in [-0.25, -0.2) is 4.39 Å². The van der Waals surface area contributed by atoms with E-state index in [1.165, 1.54) is 6.07 Å². The van der Waals surface area contributed by atoms with Crippen LogP contribution in [0.2, 0.25) is 0 Å². The van der Waals surface area contributed by atoms with Crippen molar-refractivity contribution in [3.05, 3.63) is 47.8 Å². The van der Waals surface area contributed by atoms with Gasteiger partial charge in [0.05, 0.1) is 6.10 Å². The molecule has 3 unspecified atom stereocenters. The molecule has 2 N–H and O–H groups in total. The zero-order valence-electron chi connectivity index (χ0n) is 11.0. The lowest BCUT2D eigenvalue weighted by Gasteiger charge is -2.23. The maximum atomic E-state index is 13.8. The van der Waals surface area contributed by atoms with Gasteiger partial charge in [-0.1, -0.05) is 30.3 Å². The van der Waals surface area contributed by atoms with Crippen molar-refractivity contribution in [3.8, 4) is 0 Å². The Morgan fingerprint density at radius 1 is 1.21 bits per heavy atom. The van der Waals surface area contributed by atoms with Crippen LogP contribution in [0.25, 0.3) is 10.8 Å². The fourth-order valence-corrected chi connectivity index (χ4v) is 3.03. The Morgan fingerprint density at radius 3 is 2.63 bits per heavy atom. The van der Waals surface area contributed by atoms with E-state index in [1.807, 2.05) is 24.3 Å². The maximum Gasteiger partial charge on any atom is 0.131 e. The number of benzene rings is 2. The first-order chi connectivity index (χ1) is 9.18. The molecule has 100 valence electrons. The van der Waals surface area contributed by atoms with Gasteiger partial charge in [-0.2, -0.15) is 0 Å². The molecule has 19 heavy (non-hydrogen) atoms. The molecule has 1 saturated heterocycles. The summed E-state index contributed by atoms with van der Waals surface area (Å²) in [6.07, 6.45) is 1.13. The monoisotopic (exact) mass is 259 g/mol. The van der Waals surface area contributed by atoms with Gasteiger partial charge < -0.3 is 10.5 Å². The Kier molecular flexibility index (Phi) is 3.25. The molecule has 0 bridgehead atoms. The van der Waals surface area contributed by atoms with Gasteiger partial charge in [0.2, 0.25) is 0 Å². The summed E-state index contributed by atoms with van der Waals surface area (Å²) in [6, 6.07) is 10.7. The van der Waals surface area contributed by atoms with Gasteiger partial charge >= 0.3 is 0 Å². The summed E-state index contributed by atoms with van der Waals surface area (Å²) in [5.41, 5.74) is 7.42. The number of ether oxygens (including phenoxy) is 1. The van der Waals surface area contributed by atoms with E-state index in [-0.39, 0.29) is 18.0 Å². The summed E-state index contributed by atoms with van der Waals surface area (Å²) in [4.78, 5) is 0. The number of hydrogen-bond donors (Lipinski definition) is 1. The van der Waals surface area contributed by atoms with Crippen LogP contribution in [0.15, 0.2) is 36.4 Å². The highest BCUT2D eigenvalue weighted by atomic mass is 19.1. The number of halogens is 1. The second kappa shape index (κ2) is 4.91.